The van der Waals surface area contributed by atoms with Crippen LogP contribution in [0.2, 0.25) is 5.02 Å². The van der Waals surface area contributed by atoms with Crippen LogP contribution >= 0.6 is 11.6 Å². The number of nitrogens with zero attached hydrogens (tertiary/aromatic N) is 1. The second-order valence-corrected chi connectivity index (χ2v) is 4.50. The van der Waals surface area contributed by atoms with Gasteiger partial charge in [-0.15, -0.1) is 0 Å². The van der Waals surface area contributed by atoms with Crippen LogP contribution in [0.5, 0.6) is 5.75 Å². The molecule has 3 nitrogen and oxygen atoms in total. The number of ether oxygens (including phenoxy) is 1. The average Bonchev–Trinajstić information content (AvgIpc) is 2.44. The minimum atomic E-state index is -0.865. The number of methoxy groups -OCH3 is 1. The third-order valence-corrected chi connectivity index (χ3v) is 3.09. The van der Waals surface area contributed by atoms with E-state index in [1.807, 2.05) is 0 Å². The highest BCUT2D eigenvalue weighted by molar-refractivity contribution is 6.30. The van der Waals surface area contributed by atoms with E-state index in [1.54, 1.807) is 18.2 Å². The van der Waals surface area contributed by atoms with Crippen molar-refractivity contribution in [2.75, 3.05) is 7.11 Å². The number of benzene rings is 1. The summed E-state index contributed by atoms with van der Waals surface area (Å²) in [6.45, 7) is 0. The van der Waals surface area contributed by atoms with Crippen LogP contribution in [0.4, 0.5) is 4.39 Å². The summed E-state index contributed by atoms with van der Waals surface area (Å²) in [6, 6.07) is 6.38. The van der Waals surface area contributed by atoms with Gasteiger partial charge < -0.3 is 9.84 Å². The summed E-state index contributed by atoms with van der Waals surface area (Å²) < 4.78 is 18.8. The Hall–Kier alpha value is -1.65. The number of hydrogen-bond acceptors (Lipinski definition) is 3. The molecule has 1 atom stereocenters. The molecule has 5 heteroatoms. The van der Waals surface area contributed by atoms with Gasteiger partial charge in [-0.25, -0.2) is 4.39 Å². The van der Waals surface area contributed by atoms with Gasteiger partial charge in [0.15, 0.2) is 0 Å². The second kappa shape index (κ2) is 5.99. The van der Waals surface area contributed by atoms with E-state index in [2.05, 4.69) is 4.98 Å². The smallest absolute Gasteiger partial charge is 0.145 e. The van der Waals surface area contributed by atoms with Crippen molar-refractivity contribution in [2.45, 2.75) is 12.5 Å². The lowest BCUT2D eigenvalue weighted by atomic mass is 10.0. The van der Waals surface area contributed by atoms with Crippen LogP contribution in [-0.4, -0.2) is 17.2 Å². The zero-order chi connectivity index (χ0) is 13.8. The molecule has 2 rings (SSSR count). The van der Waals surface area contributed by atoms with Crippen LogP contribution in [0.25, 0.3) is 0 Å². The van der Waals surface area contributed by atoms with Crippen molar-refractivity contribution in [2.24, 2.45) is 0 Å². The molecule has 19 heavy (non-hydrogen) atoms. The van der Waals surface area contributed by atoms with Crippen molar-refractivity contribution in [1.82, 2.24) is 4.98 Å². The first-order valence-corrected chi connectivity index (χ1v) is 6.09. The summed E-state index contributed by atoms with van der Waals surface area (Å²) in [5, 5.41) is 10.2. The summed E-state index contributed by atoms with van der Waals surface area (Å²) in [5.74, 6) is 0.0437. The van der Waals surface area contributed by atoms with Gasteiger partial charge in [0.25, 0.3) is 0 Å². The molecule has 1 aromatic heterocycles. The van der Waals surface area contributed by atoms with Gasteiger partial charge in [0.1, 0.15) is 11.6 Å². The number of hydrogen-bond donors (Lipinski definition) is 1. The Balaban J connectivity index is 2.20. The first kappa shape index (κ1) is 13.8. The molecule has 0 fully saturated rings. The molecule has 1 N–H and O–H groups in total. The van der Waals surface area contributed by atoms with Crippen molar-refractivity contribution in [3.8, 4) is 5.75 Å². The van der Waals surface area contributed by atoms with Gasteiger partial charge in [-0.05, 0) is 17.7 Å². The molecule has 0 amide bonds. The van der Waals surface area contributed by atoms with Gasteiger partial charge in [-0.3, -0.25) is 4.98 Å². The van der Waals surface area contributed by atoms with Crippen LogP contribution in [0.15, 0.2) is 36.7 Å². The number of rotatable bonds is 4. The van der Waals surface area contributed by atoms with Crippen LogP contribution < -0.4 is 4.74 Å². The molecule has 0 saturated heterocycles. The summed E-state index contributed by atoms with van der Waals surface area (Å²) in [6.07, 6.45) is 2.32. The summed E-state index contributed by atoms with van der Waals surface area (Å²) in [4.78, 5) is 3.95. The molecule has 0 bridgehead atoms. The molecule has 0 radical (unpaired) electrons. The van der Waals surface area contributed by atoms with Gasteiger partial charge in [0, 0.05) is 18.2 Å². The second-order valence-electron chi connectivity index (χ2n) is 4.09. The van der Waals surface area contributed by atoms with E-state index >= 15 is 0 Å². The molecule has 0 saturated carbocycles. The molecular weight excluding hydrogens is 269 g/mol. The fourth-order valence-corrected chi connectivity index (χ4v) is 1.96. The lowest BCUT2D eigenvalue weighted by Crippen LogP contribution is -2.04. The summed E-state index contributed by atoms with van der Waals surface area (Å²) >= 11 is 5.70. The van der Waals surface area contributed by atoms with Gasteiger partial charge in [0.05, 0.1) is 24.4 Å². The maximum Gasteiger partial charge on any atom is 0.145 e. The summed E-state index contributed by atoms with van der Waals surface area (Å²) in [5.41, 5.74) is 0.932. The van der Waals surface area contributed by atoms with Crippen molar-refractivity contribution < 1.29 is 14.2 Å². The molecule has 100 valence electrons. The highest BCUT2D eigenvalue weighted by Crippen LogP contribution is 2.25. The SMILES string of the molecule is COc1cncc(C(O)Cc2cccc(Cl)c2F)c1. The van der Waals surface area contributed by atoms with Crippen molar-refractivity contribution in [3.05, 3.63) is 58.6 Å². The highest BCUT2D eigenvalue weighted by Gasteiger charge is 2.14. The van der Waals surface area contributed by atoms with Gasteiger partial charge in [-0.1, -0.05) is 23.7 Å². The van der Waals surface area contributed by atoms with Gasteiger partial charge >= 0.3 is 0 Å². The highest BCUT2D eigenvalue weighted by atomic mass is 35.5. The molecule has 1 heterocycles. The molecule has 1 unspecified atom stereocenters. The zero-order valence-corrected chi connectivity index (χ0v) is 11.1. The average molecular weight is 282 g/mol. The first-order valence-electron chi connectivity index (χ1n) is 5.71. The standard InChI is InChI=1S/C14H13ClFNO2/c1-19-11-5-10(7-17-8-11)13(18)6-9-3-2-4-12(15)14(9)16/h2-5,7-8,13,18H,6H2,1H3. The molecule has 0 aliphatic heterocycles. The fraction of sp³-hybridized carbons (Fsp3) is 0.214. The number of halogens is 2. The summed E-state index contributed by atoms with van der Waals surface area (Å²) in [7, 11) is 1.52. The molecule has 0 spiro atoms. The maximum absolute atomic E-state index is 13.7. The van der Waals surface area contributed by atoms with Crippen molar-refractivity contribution in [1.29, 1.82) is 0 Å². The predicted octanol–water partition coefficient (Wildman–Crippen LogP) is 3.16. The zero-order valence-electron chi connectivity index (χ0n) is 10.3. The minimum absolute atomic E-state index is 0.0495. The Kier molecular flexibility index (Phi) is 4.35. The van der Waals surface area contributed by atoms with E-state index in [1.165, 1.54) is 25.6 Å². The largest absolute Gasteiger partial charge is 0.495 e. The molecular formula is C14H13ClFNO2. The maximum atomic E-state index is 13.7. The lowest BCUT2D eigenvalue weighted by Gasteiger charge is -2.12. The lowest BCUT2D eigenvalue weighted by molar-refractivity contribution is 0.176. The van der Waals surface area contributed by atoms with Crippen LogP contribution in [0.1, 0.15) is 17.2 Å². The Morgan fingerprint density at radius 2 is 2.21 bits per heavy atom. The van der Waals surface area contributed by atoms with E-state index in [0.29, 0.717) is 16.9 Å². The van der Waals surface area contributed by atoms with Gasteiger partial charge in [0.2, 0.25) is 0 Å². The number of aromatic nitrogens is 1. The number of aliphatic hydroxyl groups excluding tert-OH is 1. The van der Waals surface area contributed by atoms with Crippen molar-refractivity contribution in [3.63, 3.8) is 0 Å². The van der Waals surface area contributed by atoms with Crippen LogP contribution in [0, 0.1) is 5.82 Å². The molecule has 0 aliphatic rings. The normalized spacial score (nSPS) is 12.2. The number of pyridine rings is 1. The van der Waals surface area contributed by atoms with E-state index in [0.717, 1.165) is 0 Å². The van der Waals surface area contributed by atoms with E-state index in [4.69, 9.17) is 16.3 Å². The first-order chi connectivity index (χ1) is 9.11. The topological polar surface area (TPSA) is 42.4 Å². The number of aliphatic hydroxyl groups is 1. The molecule has 2 aromatic rings. The Morgan fingerprint density at radius 3 is 2.95 bits per heavy atom. The molecule has 1 aromatic carbocycles. The van der Waals surface area contributed by atoms with E-state index < -0.39 is 11.9 Å². The Bertz CT molecular complexity index is 577. The van der Waals surface area contributed by atoms with Crippen molar-refractivity contribution >= 4 is 11.6 Å². The van der Waals surface area contributed by atoms with Crippen LogP contribution in [-0.2, 0) is 6.42 Å². The predicted molar refractivity (Wildman–Crippen MR) is 70.9 cm³/mol. The minimum Gasteiger partial charge on any atom is -0.495 e. The Morgan fingerprint density at radius 1 is 1.42 bits per heavy atom. The third-order valence-electron chi connectivity index (χ3n) is 2.80. The third kappa shape index (κ3) is 3.22. The quantitative estimate of drug-likeness (QED) is 0.936. The Labute approximate surface area is 115 Å². The monoisotopic (exact) mass is 281 g/mol. The fourth-order valence-electron chi connectivity index (χ4n) is 1.76. The van der Waals surface area contributed by atoms with E-state index in [9.17, 15) is 9.50 Å². The van der Waals surface area contributed by atoms with Gasteiger partial charge in [-0.2, -0.15) is 0 Å². The van der Waals surface area contributed by atoms with E-state index in [-0.39, 0.29) is 11.4 Å². The molecule has 0 aliphatic carbocycles. The van der Waals surface area contributed by atoms with Crippen LogP contribution in [0.3, 0.4) is 0 Å².